The van der Waals surface area contributed by atoms with E-state index in [0.717, 1.165) is 18.3 Å². The standard InChI is InChI=1S/C19H30O2/c1-12(2)16(20)21-18(6)9-10-19-11-15(18)17(4,5)14(19)8-7-13(19)3/h13-15H,1,7-11H2,2-6H3. The van der Waals surface area contributed by atoms with E-state index in [2.05, 4.69) is 34.3 Å². The van der Waals surface area contributed by atoms with Gasteiger partial charge in [-0.1, -0.05) is 27.4 Å². The lowest BCUT2D eigenvalue weighted by atomic mass is 9.64. The molecule has 0 radical (unpaired) electrons. The topological polar surface area (TPSA) is 26.3 Å². The molecule has 3 aliphatic carbocycles. The number of hydrogen-bond donors (Lipinski definition) is 0. The number of ether oxygens (including phenoxy) is 1. The molecule has 5 atom stereocenters. The van der Waals surface area contributed by atoms with E-state index in [4.69, 9.17) is 4.74 Å². The Kier molecular flexibility index (Phi) is 3.14. The Balaban J connectivity index is 1.93. The van der Waals surface area contributed by atoms with Crippen molar-refractivity contribution in [1.29, 1.82) is 0 Å². The van der Waals surface area contributed by atoms with Crippen LogP contribution in [0.2, 0.25) is 0 Å². The average molecular weight is 290 g/mol. The molecular weight excluding hydrogens is 260 g/mol. The van der Waals surface area contributed by atoms with Gasteiger partial charge in [0, 0.05) is 11.5 Å². The Morgan fingerprint density at radius 3 is 2.43 bits per heavy atom. The SMILES string of the molecule is C=C(C)C(=O)OC1(C)CCC23CC1C(C)(C)C2CCC3C. The van der Waals surface area contributed by atoms with Crippen molar-refractivity contribution in [3.05, 3.63) is 12.2 Å². The zero-order valence-corrected chi connectivity index (χ0v) is 14.3. The van der Waals surface area contributed by atoms with E-state index in [0.29, 0.717) is 16.9 Å². The smallest absolute Gasteiger partial charge is 0.333 e. The third-order valence-corrected chi connectivity index (χ3v) is 7.44. The molecule has 2 nitrogen and oxygen atoms in total. The van der Waals surface area contributed by atoms with Crippen molar-refractivity contribution in [2.75, 3.05) is 0 Å². The second-order valence-electron chi connectivity index (χ2n) is 8.82. The Labute approximate surface area is 129 Å². The van der Waals surface area contributed by atoms with Gasteiger partial charge in [-0.3, -0.25) is 0 Å². The molecule has 2 bridgehead atoms. The molecule has 2 heteroatoms. The van der Waals surface area contributed by atoms with Gasteiger partial charge in [-0.2, -0.15) is 0 Å². The van der Waals surface area contributed by atoms with Crippen LogP contribution in [0.4, 0.5) is 0 Å². The number of esters is 1. The van der Waals surface area contributed by atoms with Crippen LogP contribution in [-0.2, 0) is 9.53 Å². The summed E-state index contributed by atoms with van der Waals surface area (Å²) in [6.45, 7) is 14.9. The van der Waals surface area contributed by atoms with Crippen LogP contribution < -0.4 is 0 Å². The molecule has 0 saturated heterocycles. The number of carbonyl (C=O) groups excluding carboxylic acids is 1. The second-order valence-corrected chi connectivity index (χ2v) is 8.82. The summed E-state index contributed by atoms with van der Waals surface area (Å²) in [6.07, 6.45) is 6.21. The maximum Gasteiger partial charge on any atom is 0.333 e. The quantitative estimate of drug-likeness (QED) is 0.542. The van der Waals surface area contributed by atoms with Crippen molar-refractivity contribution in [2.45, 2.75) is 72.3 Å². The number of carbonyl (C=O) groups is 1. The molecule has 1 spiro atoms. The highest BCUT2D eigenvalue weighted by Gasteiger charge is 2.68. The molecule has 118 valence electrons. The third-order valence-electron chi connectivity index (χ3n) is 7.44. The molecule has 0 aromatic heterocycles. The summed E-state index contributed by atoms with van der Waals surface area (Å²) in [5.74, 6) is 1.90. The van der Waals surface area contributed by atoms with Gasteiger partial charge in [0.15, 0.2) is 0 Å². The minimum absolute atomic E-state index is 0.214. The van der Waals surface area contributed by atoms with Gasteiger partial charge in [-0.25, -0.2) is 4.79 Å². The lowest BCUT2D eigenvalue weighted by molar-refractivity contribution is -0.168. The fourth-order valence-corrected chi connectivity index (χ4v) is 6.28. The number of rotatable bonds is 2. The highest BCUT2D eigenvalue weighted by molar-refractivity contribution is 5.87. The summed E-state index contributed by atoms with van der Waals surface area (Å²) >= 11 is 0. The minimum atomic E-state index is -0.311. The Morgan fingerprint density at radius 1 is 1.14 bits per heavy atom. The van der Waals surface area contributed by atoms with Crippen LogP contribution in [0.1, 0.15) is 66.7 Å². The van der Waals surface area contributed by atoms with E-state index in [-0.39, 0.29) is 17.0 Å². The van der Waals surface area contributed by atoms with Crippen molar-refractivity contribution in [3.63, 3.8) is 0 Å². The molecule has 3 aliphatic rings. The third kappa shape index (κ3) is 1.87. The van der Waals surface area contributed by atoms with Crippen LogP contribution in [0.5, 0.6) is 0 Å². The van der Waals surface area contributed by atoms with E-state index in [1.807, 2.05) is 0 Å². The number of hydrogen-bond acceptors (Lipinski definition) is 2. The molecule has 0 amide bonds. The van der Waals surface area contributed by atoms with E-state index in [1.54, 1.807) is 6.92 Å². The minimum Gasteiger partial charge on any atom is -0.456 e. The summed E-state index contributed by atoms with van der Waals surface area (Å²) in [6, 6.07) is 0. The molecule has 5 unspecified atom stereocenters. The lowest BCUT2D eigenvalue weighted by Crippen LogP contribution is -2.47. The maximum absolute atomic E-state index is 12.1. The number of fused-ring (bicyclic) bond motifs is 1. The first-order valence-electron chi connectivity index (χ1n) is 8.52. The largest absolute Gasteiger partial charge is 0.456 e. The summed E-state index contributed by atoms with van der Waals surface area (Å²) in [7, 11) is 0. The zero-order valence-electron chi connectivity index (χ0n) is 14.3. The monoisotopic (exact) mass is 290 g/mol. The van der Waals surface area contributed by atoms with Gasteiger partial charge in [0.2, 0.25) is 0 Å². The van der Waals surface area contributed by atoms with Crippen molar-refractivity contribution in [3.8, 4) is 0 Å². The molecule has 0 N–H and O–H groups in total. The maximum atomic E-state index is 12.1. The van der Waals surface area contributed by atoms with Crippen LogP contribution in [0.15, 0.2) is 12.2 Å². The van der Waals surface area contributed by atoms with Crippen molar-refractivity contribution < 1.29 is 9.53 Å². The molecule has 0 aromatic rings. The van der Waals surface area contributed by atoms with Crippen LogP contribution in [0, 0.1) is 28.6 Å². The first-order valence-corrected chi connectivity index (χ1v) is 8.52. The predicted octanol–water partition coefficient (Wildman–Crippen LogP) is 4.74. The predicted molar refractivity (Wildman–Crippen MR) is 84.8 cm³/mol. The lowest BCUT2D eigenvalue weighted by Gasteiger charge is -2.46. The van der Waals surface area contributed by atoms with Crippen molar-refractivity contribution in [1.82, 2.24) is 0 Å². The van der Waals surface area contributed by atoms with Gasteiger partial charge in [0.25, 0.3) is 0 Å². The first-order chi connectivity index (χ1) is 9.63. The van der Waals surface area contributed by atoms with Gasteiger partial charge in [0.05, 0.1) is 0 Å². The molecule has 21 heavy (non-hydrogen) atoms. The highest BCUT2D eigenvalue weighted by atomic mass is 16.6. The first kappa shape index (κ1) is 15.1. The average Bonchev–Trinajstić information content (AvgIpc) is 2.80. The second kappa shape index (κ2) is 4.36. The normalized spacial score (nSPS) is 47.0. The van der Waals surface area contributed by atoms with Crippen molar-refractivity contribution in [2.24, 2.45) is 28.6 Å². The Morgan fingerprint density at radius 2 is 1.81 bits per heavy atom. The van der Waals surface area contributed by atoms with Crippen molar-refractivity contribution >= 4 is 5.97 Å². The van der Waals surface area contributed by atoms with E-state index < -0.39 is 0 Å². The molecular formula is C19H30O2. The van der Waals surface area contributed by atoms with Gasteiger partial charge >= 0.3 is 5.97 Å². The summed E-state index contributed by atoms with van der Waals surface area (Å²) in [5, 5.41) is 0. The van der Waals surface area contributed by atoms with Gasteiger partial charge in [0.1, 0.15) is 5.60 Å². The molecule has 0 aliphatic heterocycles. The van der Waals surface area contributed by atoms with Gasteiger partial charge in [-0.05, 0) is 68.6 Å². The molecule has 3 rings (SSSR count). The Bertz CT molecular complexity index is 492. The molecule has 3 fully saturated rings. The van der Waals surface area contributed by atoms with Crippen LogP contribution >= 0.6 is 0 Å². The molecule has 0 heterocycles. The fraction of sp³-hybridized carbons (Fsp3) is 0.842. The highest BCUT2D eigenvalue weighted by Crippen LogP contribution is 2.73. The zero-order chi connectivity index (χ0) is 15.6. The van der Waals surface area contributed by atoms with Crippen LogP contribution in [0.3, 0.4) is 0 Å². The van der Waals surface area contributed by atoms with E-state index >= 15 is 0 Å². The van der Waals surface area contributed by atoms with E-state index in [1.165, 1.54) is 25.7 Å². The van der Waals surface area contributed by atoms with Crippen LogP contribution in [0.25, 0.3) is 0 Å². The van der Waals surface area contributed by atoms with Crippen LogP contribution in [-0.4, -0.2) is 11.6 Å². The van der Waals surface area contributed by atoms with E-state index in [9.17, 15) is 4.79 Å². The van der Waals surface area contributed by atoms with Gasteiger partial charge < -0.3 is 4.74 Å². The summed E-state index contributed by atoms with van der Waals surface area (Å²) in [4.78, 5) is 12.1. The Hall–Kier alpha value is -0.790. The summed E-state index contributed by atoms with van der Waals surface area (Å²) < 4.78 is 5.96. The fourth-order valence-electron chi connectivity index (χ4n) is 6.28. The van der Waals surface area contributed by atoms with Gasteiger partial charge in [-0.15, -0.1) is 0 Å². The molecule has 0 aromatic carbocycles. The molecule has 3 saturated carbocycles. The summed E-state index contributed by atoms with van der Waals surface area (Å²) in [5.41, 5.74) is 0.990.